The van der Waals surface area contributed by atoms with E-state index in [1.807, 2.05) is 0 Å². The molecule has 2 heterocycles. The number of methoxy groups -OCH3 is 1. The van der Waals surface area contributed by atoms with Crippen molar-refractivity contribution in [1.82, 2.24) is 9.55 Å². The van der Waals surface area contributed by atoms with E-state index in [0.29, 0.717) is 0 Å². The SMILES string of the molecule is CO[C@@H]1[C@H](O[Si](C)(C)C(C)(C)C)[C@@H](C(C)C)O[C@H]1n1ccc(=O)[nH]c1=O. The molecule has 26 heavy (non-hydrogen) atoms. The predicted octanol–water partition coefficient (Wildman–Crippen LogP) is 2.50. The summed E-state index contributed by atoms with van der Waals surface area (Å²) in [6, 6.07) is 1.31. The maximum atomic E-state index is 12.3. The van der Waals surface area contributed by atoms with Gasteiger partial charge in [0, 0.05) is 19.4 Å². The van der Waals surface area contributed by atoms with E-state index in [9.17, 15) is 9.59 Å². The standard InChI is InChI=1S/C18H32N2O5Si/c1-11(2)13-14(25-26(7,8)18(3,4)5)15(23-6)16(24-13)20-10-9-12(21)19-17(20)22/h9-11,13-16H,1-8H3,(H,19,21,22)/t13-,14-,15-,16-/m1/s1. The molecule has 1 aromatic heterocycles. The monoisotopic (exact) mass is 384 g/mol. The summed E-state index contributed by atoms with van der Waals surface area (Å²) >= 11 is 0. The molecule has 0 aromatic carbocycles. The topological polar surface area (TPSA) is 82.6 Å². The van der Waals surface area contributed by atoms with Gasteiger partial charge in [-0.3, -0.25) is 14.3 Å². The average molecular weight is 385 g/mol. The molecule has 0 bridgehead atoms. The quantitative estimate of drug-likeness (QED) is 0.789. The Kier molecular flexibility index (Phi) is 6.02. The van der Waals surface area contributed by atoms with E-state index in [0.717, 1.165) is 0 Å². The van der Waals surface area contributed by atoms with Crippen LogP contribution < -0.4 is 11.2 Å². The Labute approximate surface area is 155 Å². The smallest absolute Gasteiger partial charge is 0.330 e. The van der Waals surface area contributed by atoms with Crippen molar-refractivity contribution in [3.8, 4) is 0 Å². The van der Waals surface area contributed by atoms with E-state index in [1.165, 1.54) is 16.8 Å². The Morgan fingerprint density at radius 2 is 1.85 bits per heavy atom. The van der Waals surface area contributed by atoms with Crippen molar-refractivity contribution < 1.29 is 13.9 Å². The molecule has 0 amide bonds. The van der Waals surface area contributed by atoms with Gasteiger partial charge in [0.15, 0.2) is 14.5 Å². The molecule has 0 spiro atoms. The number of ether oxygens (including phenoxy) is 2. The van der Waals surface area contributed by atoms with E-state index < -0.39 is 31.9 Å². The lowest BCUT2D eigenvalue weighted by molar-refractivity contribution is -0.0617. The number of nitrogens with one attached hydrogen (secondary N) is 1. The Morgan fingerprint density at radius 3 is 2.31 bits per heavy atom. The fraction of sp³-hybridized carbons (Fsp3) is 0.778. The lowest BCUT2D eigenvalue weighted by atomic mass is 10.0. The van der Waals surface area contributed by atoms with E-state index >= 15 is 0 Å². The van der Waals surface area contributed by atoms with E-state index in [-0.39, 0.29) is 23.2 Å². The summed E-state index contributed by atoms with van der Waals surface area (Å²) < 4.78 is 20.0. The number of rotatable bonds is 5. The maximum Gasteiger partial charge on any atom is 0.330 e. The van der Waals surface area contributed by atoms with Crippen LogP contribution in [0.1, 0.15) is 40.8 Å². The van der Waals surface area contributed by atoms with Crippen molar-refractivity contribution in [2.75, 3.05) is 7.11 Å². The zero-order chi connectivity index (χ0) is 19.9. The summed E-state index contributed by atoms with van der Waals surface area (Å²) in [5.74, 6) is 0.186. The minimum absolute atomic E-state index is 0.0414. The molecule has 2 rings (SSSR count). The van der Waals surface area contributed by atoms with Crippen LogP contribution in [0.3, 0.4) is 0 Å². The summed E-state index contributed by atoms with van der Waals surface area (Å²) in [5, 5.41) is 0.0414. The van der Waals surface area contributed by atoms with Gasteiger partial charge in [-0.15, -0.1) is 0 Å². The van der Waals surface area contributed by atoms with Crippen LogP contribution in [-0.2, 0) is 13.9 Å². The summed E-state index contributed by atoms with van der Waals surface area (Å²) in [6.07, 6.45) is -0.140. The van der Waals surface area contributed by atoms with Crippen molar-refractivity contribution in [1.29, 1.82) is 0 Å². The highest BCUT2D eigenvalue weighted by Crippen LogP contribution is 2.43. The molecule has 1 saturated heterocycles. The highest BCUT2D eigenvalue weighted by atomic mass is 28.4. The van der Waals surface area contributed by atoms with Crippen molar-refractivity contribution in [3.05, 3.63) is 33.1 Å². The Morgan fingerprint density at radius 1 is 1.23 bits per heavy atom. The molecule has 7 nitrogen and oxygen atoms in total. The van der Waals surface area contributed by atoms with E-state index in [2.05, 4.69) is 52.7 Å². The lowest BCUT2D eigenvalue weighted by Gasteiger charge is -2.41. The van der Waals surface area contributed by atoms with E-state index in [1.54, 1.807) is 7.11 Å². The second kappa shape index (κ2) is 7.42. The van der Waals surface area contributed by atoms with Gasteiger partial charge in [-0.1, -0.05) is 34.6 Å². The first kappa shape index (κ1) is 21.1. The third kappa shape index (κ3) is 4.03. The molecule has 0 unspecified atom stereocenters. The van der Waals surface area contributed by atoms with Gasteiger partial charge in [-0.05, 0) is 24.1 Å². The van der Waals surface area contributed by atoms with Crippen molar-refractivity contribution >= 4 is 8.32 Å². The number of hydrogen-bond donors (Lipinski definition) is 1. The van der Waals surface area contributed by atoms with Crippen molar-refractivity contribution in [2.45, 2.75) is 77.3 Å². The van der Waals surface area contributed by atoms with E-state index in [4.69, 9.17) is 13.9 Å². The highest BCUT2D eigenvalue weighted by molar-refractivity contribution is 6.74. The second-order valence-electron chi connectivity index (χ2n) is 8.80. The highest BCUT2D eigenvalue weighted by Gasteiger charge is 2.52. The van der Waals surface area contributed by atoms with Gasteiger partial charge in [0.25, 0.3) is 5.56 Å². The lowest BCUT2D eigenvalue weighted by Crippen LogP contribution is -2.50. The molecule has 1 fully saturated rings. The van der Waals surface area contributed by atoms with Crippen LogP contribution >= 0.6 is 0 Å². The van der Waals surface area contributed by atoms with Crippen LogP contribution in [0.5, 0.6) is 0 Å². The largest absolute Gasteiger partial charge is 0.408 e. The number of H-pyrrole nitrogens is 1. The first-order valence-corrected chi connectivity index (χ1v) is 12.0. The molecular formula is C18H32N2O5Si. The Hall–Kier alpha value is -1.22. The molecule has 1 aliphatic rings. The normalized spacial score (nSPS) is 27.3. The summed E-state index contributed by atoms with van der Waals surface area (Å²) in [7, 11) is -0.474. The van der Waals surface area contributed by atoms with Crippen LogP contribution in [0.15, 0.2) is 21.9 Å². The van der Waals surface area contributed by atoms with Gasteiger partial charge in [0.2, 0.25) is 0 Å². The first-order chi connectivity index (χ1) is 11.9. The van der Waals surface area contributed by atoms with Crippen molar-refractivity contribution in [2.24, 2.45) is 5.92 Å². The van der Waals surface area contributed by atoms with Crippen LogP contribution in [0.25, 0.3) is 0 Å². The molecule has 0 aliphatic carbocycles. The minimum atomic E-state index is -2.07. The van der Waals surface area contributed by atoms with Gasteiger partial charge in [-0.25, -0.2) is 4.79 Å². The number of aromatic amines is 1. The van der Waals surface area contributed by atoms with Crippen LogP contribution in [0.4, 0.5) is 0 Å². The molecular weight excluding hydrogens is 352 g/mol. The molecule has 4 atom stereocenters. The average Bonchev–Trinajstić information content (AvgIpc) is 2.83. The number of hydrogen-bond acceptors (Lipinski definition) is 5. The molecule has 148 valence electrons. The molecule has 0 saturated carbocycles. The molecule has 1 aromatic rings. The second-order valence-corrected chi connectivity index (χ2v) is 13.6. The molecule has 0 radical (unpaired) electrons. The summed E-state index contributed by atoms with van der Waals surface area (Å²) in [6.45, 7) is 15.1. The fourth-order valence-corrected chi connectivity index (χ4v) is 4.26. The Bertz CT molecular complexity index is 734. The zero-order valence-corrected chi connectivity index (χ0v) is 18.0. The first-order valence-electron chi connectivity index (χ1n) is 9.06. The van der Waals surface area contributed by atoms with Crippen LogP contribution in [-0.4, -0.2) is 43.3 Å². The molecule has 1 aliphatic heterocycles. The number of nitrogens with zero attached hydrogens (tertiary/aromatic N) is 1. The Balaban J connectivity index is 2.43. The zero-order valence-electron chi connectivity index (χ0n) is 17.0. The van der Waals surface area contributed by atoms with Crippen molar-refractivity contribution in [3.63, 3.8) is 0 Å². The molecule has 8 heteroatoms. The minimum Gasteiger partial charge on any atom is -0.408 e. The third-order valence-corrected chi connectivity index (χ3v) is 9.99. The van der Waals surface area contributed by atoms with Crippen LogP contribution in [0.2, 0.25) is 18.1 Å². The summed E-state index contributed by atoms with van der Waals surface area (Å²) in [4.78, 5) is 25.9. The van der Waals surface area contributed by atoms with Gasteiger partial charge in [0.05, 0.1) is 6.10 Å². The van der Waals surface area contributed by atoms with Crippen LogP contribution in [0, 0.1) is 5.92 Å². The predicted molar refractivity (Wildman–Crippen MR) is 103 cm³/mol. The van der Waals surface area contributed by atoms with Gasteiger partial charge >= 0.3 is 5.69 Å². The third-order valence-electron chi connectivity index (χ3n) is 5.52. The molecule has 1 N–H and O–H groups in total. The van der Waals surface area contributed by atoms with Gasteiger partial charge in [-0.2, -0.15) is 0 Å². The van der Waals surface area contributed by atoms with Gasteiger partial charge < -0.3 is 13.9 Å². The van der Waals surface area contributed by atoms with Gasteiger partial charge in [0.1, 0.15) is 12.2 Å². The fourth-order valence-electron chi connectivity index (χ4n) is 2.95. The maximum absolute atomic E-state index is 12.3. The number of aromatic nitrogens is 2. The summed E-state index contributed by atoms with van der Waals surface area (Å²) in [5.41, 5.74) is -0.951.